The largest absolute Gasteiger partial charge is 0.319 e. The minimum Gasteiger partial charge on any atom is -0.319 e. The number of rotatable bonds is 4. The number of fused-ring (bicyclic) bond motifs is 3. The van der Waals surface area contributed by atoms with Gasteiger partial charge in [-0.25, -0.2) is 0 Å². The van der Waals surface area contributed by atoms with Crippen LogP contribution in [-0.2, 0) is 6.54 Å². The molecule has 1 saturated carbocycles. The number of hydrogen-bond donors (Lipinski definition) is 2. The van der Waals surface area contributed by atoms with E-state index in [2.05, 4.69) is 28.5 Å². The summed E-state index contributed by atoms with van der Waals surface area (Å²) in [6.07, 6.45) is 8.84. The first kappa shape index (κ1) is 14.5. The topological polar surface area (TPSA) is 49.3 Å². The fraction of sp³-hybridized carbons (Fsp3) is 0.421. The summed E-state index contributed by atoms with van der Waals surface area (Å²) in [5.74, 6) is 0.837. The van der Waals surface area contributed by atoms with E-state index >= 15 is 0 Å². The quantitative estimate of drug-likeness (QED) is 0.775. The maximum atomic E-state index is 12.1. The molecule has 2 aromatic heterocycles. The molecule has 4 heteroatoms. The summed E-state index contributed by atoms with van der Waals surface area (Å²) in [4.78, 5) is 15.1. The van der Waals surface area contributed by atoms with Crippen LogP contribution in [0.5, 0.6) is 0 Å². The summed E-state index contributed by atoms with van der Waals surface area (Å²) in [6, 6.07) is 10.1. The van der Waals surface area contributed by atoms with E-state index in [0.717, 1.165) is 30.0 Å². The molecule has 23 heavy (non-hydrogen) atoms. The summed E-state index contributed by atoms with van der Waals surface area (Å²) in [5.41, 5.74) is 3.82. The maximum Gasteiger partial charge on any atom is 0.272 e. The van der Waals surface area contributed by atoms with Gasteiger partial charge in [0, 0.05) is 12.7 Å². The van der Waals surface area contributed by atoms with Crippen LogP contribution >= 0.6 is 0 Å². The van der Waals surface area contributed by atoms with Crippen LogP contribution in [0.1, 0.15) is 37.7 Å². The summed E-state index contributed by atoms with van der Waals surface area (Å²) < 4.78 is 1.95. The van der Waals surface area contributed by atoms with Gasteiger partial charge in [-0.15, -0.1) is 0 Å². The zero-order valence-corrected chi connectivity index (χ0v) is 13.3. The lowest BCUT2D eigenvalue weighted by Crippen LogP contribution is -2.24. The van der Waals surface area contributed by atoms with Crippen molar-refractivity contribution in [2.75, 3.05) is 6.54 Å². The van der Waals surface area contributed by atoms with Crippen molar-refractivity contribution in [2.45, 2.75) is 38.6 Å². The van der Waals surface area contributed by atoms with Crippen LogP contribution in [0.3, 0.4) is 0 Å². The molecule has 0 bridgehead atoms. The van der Waals surface area contributed by atoms with Gasteiger partial charge >= 0.3 is 0 Å². The highest BCUT2D eigenvalue weighted by molar-refractivity contribution is 5.78. The Morgan fingerprint density at radius 1 is 1.13 bits per heavy atom. The second kappa shape index (κ2) is 6.20. The molecule has 0 radical (unpaired) electrons. The van der Waals surface area contributed by atoms with E-state index in [0.29, 0.717) is 5.52 Å². The first-order valence-corrected chi connectivity index (χ1v) is 8.64. The maximum absolute atomic E-state index is 12.1. The summed E-state index contributed by atoms with van der Waals surface area (Å²) in [5, 5.41) is 3.58. The standard InChI is InChI=1S/C19H23N3O/c23-19-18-7-4-10-22(18)17-9-8-15(11-16(17)21-19)13-20-12-14-5-2-1-3-6-14/h4,7-11,14,20H,1-3,5-6,12-13H2,(H,21,23). The second-order valence-corrected chi connectivity index (χ2v) is 6.70. The van der Waals surface area contributed by atoms with Gasteiger partial charge in [-0.05, 0) is 55.1 Å². The predicted molar refractivity (Wildman–Crippen MR) is 93.8 cm³/mol. The van der Waals surface area contributed by atoms with E-state index < -0.39 is 0 Å². The molecule has 4 rings (SSSR count). The molecular weight excluding hydrogens is 286 g/mol. The fourth-order valence-corrected chi connectivity index (χ4v) is 3.78. The average Bonchev–Trinajstić information content (AvgIpc) is 3.06. The lowest BCUT2D eigenvalue weighted by molar-refractivity contribution is 0.342. The summed E-state index contributed by atoms with van der Waals surface area (Å²) >= 11 is 0. The zero-order valence-electron chi connectivity index (χ0n) is 13.3. The lowest BCUT2D eigenvalue weighted by Gasteiger charge is -2.21. The van der Waals surface area contributed by atoms with Crippen molar-refractivity contribution in [3.8, 4) is 0 Å². The molecule has 0 amide bonds. The molecule has 1 fully saturated rings. The van der Waals surface area contributed by atoms with Crippen LogP contribution in [0, 0.1) is 5.92 Å². The normalized spacial score (nSPS) is 16.3. The van der Waals surface area contributed by atoms with Gasteiger partial charge in [-0.3, -0.25) is 4.79 Å². The summed E-state index contributed by atoms with van der Waals surface area (Å²) in [7, 11) is 0. The van der Waals surface area contributed by atoms with Crippen molar-refractivity contribution in [1.29, 1.82) is 0 Å². The van der Waals surface area contributed by atoms with E-state index in [9.17, 15) is 4.79 Å². The molecule has 0 saturated heterocycles. The molecule has 0 atom stereocenters. The van der Waals surface area contributed by atoms with E-state index in [1.165, 1.54) is 37.7 Å². The minimum atomic E-state index is -0.0326. The van der Waals surface area contributed by atoms with Gasteiger partial charge < -0.3 is 14.7 Å². The Morgan fingerprint density at radius 2 is 2.00 bits per heavy atom. The van der Waals surface area contributed by atoms with Crippen molar-refractivity contribution < 1.29 is 0 Å². The number of H-pyrrole nitrogens is 1. The Labute approximate surface area is 135 Å². The first-order valence-electron chi connectivity index (χ1n) is 8.64. The number of aromatic nitrogens is 2. The number of hydrogen-bond acceptors (Lipinski definition) is 2. The molecule has 1 aliphatic rings. The fourth-order valence-electron chi connectivity index (χ4n) is 3.78. The van der Waals surface area contributed by atoms with Crippen LogP contribution in [-0.4, -0.2) is 15.9 Å². The van der Waals surface area contributed by atoms with Gasteiger partial charge in [0.2, 0.25) is 0 Å². The Morgan fingerprint density at radius 3 is 2.87 bits per heavy atom. The molecule has 0 unspecified atom stereocenters. The smallest absolute Gasteiger partial charge is 0.272 e. The summed E-state index contributed by atoms with van der Waals surface area (Å²) in [6.45, 7) is 1.96. The molecule has 0 aliphatic heterocycles. The highest BCUT2D eigenvalue weighted by Crippen LogP contribution is 2.23. The van der Waals surface area contributed by atoms with Gasteiger partial charge in [0.25, 0.3) is 5.56 Å². The van der Waals surface area contributed by atoms with Crippen molar-refractivity contribution in [1.82, 2.24) is 14.7 Å². The van der Waals surface area contributed by atoms with E-state index in [1.807, 2.05) is 22.7 Å². The molecule has 3 aromatic rings. The minimum absolute atomic E-state index is 0.0326. The van der Waals surface area contributed by atoms with Crippen molar-refractivity contribution >= 4 is 16.6 Å². The Balaban J connectivity index is 1.52. The molecule has 4 nitrogen and oxygen atoms in total. The average molecular weight is 309 g/mol. The molecule has 1 aliphatic carbocycles. The van der Waals surface area contributed by atoms with Gasteiger partial charge in [0.05, 0.1) is 11.0 Å². The van der Waals surface area contributed by atoms with Crippen molar-refractivity contribution in [3.05, 3.63) is 52.4 Å². The van der Waals surface area contributed by atoms with Crippen LogP contribution in [0.4, 0.5) is 0 Å². The highest BCUT2D eigenvalue weighted by Gasteiger charge is 2.12. The predicted octanol–water partition coefficient (Wildman–Crippen LogP) is 3.45. The first-order chi connectivity index (χ1) is 11.3. The van der Waals surface area contributed by atoms with Crippen molar-refractivity contribution in [2.24, 2.45) is 5.92 Å². The third-order valence-corrected chi connectivity index (χ3v) is 5.04. The van der Waals surface area contributed by atoms with Crippen LogP contribution < -0.4 is 10.9 Å². The van der Waals surface area contributed by atoms with Crippen LogP contribution in [0.2, 0.25) is 0 Å². The SMILES string of the molecule is O=c1[nH]c2cc(CNCC3CCCCC3)ccc2n2cccc12. The van der Waals surface area contributed by atoms with Crippen LogP contribution in [0.25, 0.3) is 16.6 Å². The van der Waals surface area contributed by atoms with E-state index in [4.69, 9.17) is 0 Å². The van der Waals surface area contributed by atoms with Gasteiger partial charge in [0.1, 0.15) is 5.52 Å². The molecule has 2 N–H and O–H groups in total. The number of nitrogens with zero attached hydrogens (tertiary/aromatic N) is 1. The Hall–Kier alpha value is -2.07. The third kappa shape index (κ3) is 2.91. The van der Waals surface area contributed by atoms with Gasteiger partial charge in [-0.2, -0.15) is 0 Å². The Bertz CT molecular complexity index is 871. The van der Waals surface area contributed by atoms with Gasteiger partial charge in [0.15, 0.2) is 0 Å². The molecule has 0 spiro atoms. The lowest BCUT2D eigenvalue weighted by atomic mass is 9.89. The Kier molecular flexibility index (Phi) is 3.92. The number of benzene rings is 1. The third-order valence-electron chi connectivity index (χ3n) is 5.04. The monoisotopic (exact) mass is 309 g/mol. The molecule has 1 aromatic carbocycles. The van der Waals surface area contributed by atoms with E-state index in [-0.39, 0.29) is 5.56 Å². The van der Waals surface area contributed by atoms with Crippen molar-refractivity contribution in [3.63, 3.8) is 0 Å². The number of aromatic amines is 1. The second-order valence-electron chi connectivity index (χ2n) is 6.70. The van der Waals surface area contributed by atoms with Gasteiger partial charge in [-0.1, -0.05) is 25.3 Å². The zero-order chi connectivity index (χ0) is 15.6. The highest BCUT2D eigenvalue weighted by atomic mass is 16.1. The molecular formula is C19H23N3O. The number of nitrogens with one attached hydrogen (secondary N) is 2. The molecule has 120 valence electrons. The van der Waals surface area contributed by atoms with Crippen LogP contribution in [0.15, 0.2) is 41.3 Å². The van der Waals surface area contributed by atoms with E-state index in [1.54, 1.807) is 0 Å². The molecule has 2 heterocycles.